The molecule has 0 unspecified atom stereocenters. The second kappa shape index (κ2) is 10.2. The van der Waals surface area contributed by atoms with Crippen LogP contribution >= 0.6 is 0 Å². The zero-order chi connectivity index (χ0) is 24.4. The Hall–Kier alpha value is -3.25. The lowest BCUT2D eigenvalue weighted by Crippen LogP contribution is -2.40. The number of carbonyl (C=O) groups is 1. The minimum absolute atomic E-state index is 0.103. The van der Waals surface area contributed by atoms with Crippen LogP contribution in [0.1, 0.15) is 43.0 Å². The maximum atomic E-state index is 12.8. The minimum atomic E-state index is 0.103. The van der Waals surface area contributed by atoms with E-state index in [9.17, 15) is 4.79 Å². The number of amides is 1. The van der Waals surface area contributed by atoms with Crippen LogP contribution in [0.2, 0.25) is 0 Å². The number of rotatable bonds is 8. The Labute approximate surface area is 207 Å². The fourth-order valence-corrected chi connectivity index (χ4v) is 5.50. The van der Waals surface area contributed by atoms with Gasteiger partial charge in [-0.2, -0.15) is 0 Å². The van der Waals surface area contributed by atoms with Gasteiger partial charge in [-0.05, 0) is 75.2 Å². The molecule has 6 heteroatoms. The van der Waals surface area contributed by atoms with Gasteiger partial charge in [0.1, 0.15) is 18.1 Å². The summed E-state index contributed by atoms with van der Waals surface area (Å²) >= 11 is 0. The van der Waals surface area contributed by atoms with Crippen molar-refractivity contribution in [3.63, 3.8) is 0 Å². The van der Waals surface area contributed by atoms with Crippen molar-refractivity contribution in [2.24, 2.45) is 0 Å². The van der Waals surface area contributed by atoms with Crippen LogP contribution in [0.4, 0.5) is 0 Å². The average Bonchev–Trinajstić information content (AvgIpc) is 3.50. The molecule has 0 spiro atoms. The fourth-order valence-electron chi connectivity index (χ4n) is 5.50. The van der Waals surface area contributed by atoms with Crippen LogP contribution in [-0.4, -0.2) is 48.2 Å². The predicted molar refractivity (Wildman–Crippen MR) is 138 cm³/mol. The first-order valence-electron chi connectivity index (χ1n) is 12.7. The Morgan fingerprint density at radius 2 is 2.06 bits per heavy atom. The number of nitrogens with zero attached hydrogens (tertiary/aromatic N) is 2. The summed E-state index contributed by atoms with van der Waals surface area (Å²) in [4.78, 5) is 15.3. The third-order valence-corrected chi connectivity index (χ3v) is 7.31. The number of nitrogens with one attached hydrogen (secondary N) is 1. The van der Waals surface area contributed by atoms with E-state index in [-0.39, 0.29) is 5.91 Å². The predicted octanol–water partition coefficient (Wildman–Crippen LogP) is 4.89. The molecule has 3 heterocycles. The Kier molecular flexibility index (Phi) is 6.82. The fraction of sp³-hybridized carbons (Fsp3) is 0.414. The summed E-state index contributed by atoms with van der Waals surface area (Å²) in [7, 11) is 1.71. The van der Waals surface area contributed by atoms with Crippen molar-refractivity contribution in [1.29, 1.82) is 0 Å². The summed E-state index contributed by atoms with van der Waals surface area (Å²) in [5.74, 6) is 1.80. The highest BCUT2D eigenvalue weighted by Crippen LogP contribution is 2.42. The summed E-state index contributed by atoms with van der Waals surface area (Å²) < 4.78 is 14.1. The van der Waals surface area contributed by atoms with Crippen LogP contribution in [0.15, 0.2) is 48.5 Å². The largest absolute Gasteiger partial charge is 0.495 e. The number of methoxy groups -OCH3 is 1. The highest BCUT2D eigenvalue weighted by Gasteiger charge is 2.27. The highest BCUT2D eigenvalue weighted by atomic mass is 16.5. The first kappa shape index (κ1) is 23.5. The van der Waals surface area contributed by atoms with Crippen LogP contribution in [0.5, 0.6) is 11.5 Å². The molecule has 35 heavy (non-hydrogen) atoms. The molecule has 6 nitrogen and oxygen atoms in total. The van der Waals surface area contributed by atoms with E-state index < -0.39 is 0 Å². The van der Waals surface area contributed by atoms with Gasteiger partial charge in [0.25, 0.3) is 0 Å². The Morgan fingerprint density at radius 3 is 2.89 bits per heavy atom. The lowest BCUT2D eigenvalue weighted by molar-refractivity contribution is -0.121. The number of fused-ring (bicyclic) bond motifs is 3. The molecule has 2 aliphatic heterocycles. The Bertz CT molecular complexity index is 1220. The van der Waals surface area contributed by atoms with Gasteiger partial charge in [0.05, 0.1) is 18.5 Å². The number of hydrogen-bond acceptors (Lipinski definition) is 4. The zero-order valence-corrected chi connectivity index (χ0v) is 21.0. The molecule has 0 bridgehead atoms. The van der Waals surface area contributed by atoms with E-state index in [0.29, 0.717) is 25.5 Å². The van der Waals surface area contributed by atoms with Crippen LogP contribution < -0.4 is 14.8 Å². The lowest BCUT2D eigenvalue weighted by atomic mass is 10.0. The summed E-state index contributed by atoms with van der Waals surface area (Å²) in [6, 6.07) is 17.1. The molecule has 0 radical (unpaired) electrons. The van der Waals surface area contributed by atoms with Crippen molar-refractivity contribution in [2.45, 2.75) is 52.2 Å². The van der Waals surface area contributed by atoms with Gasteiger partial charge in [0, 0.05) is 35.8 Å². The van der Waals surface area contributed by atoms with Gasteiger partial charge in [0.2, 0.25) is 5.91 Å². The zero-order valence-electron chi connectivity index (χ0n) is 21.0. The summed E-state index contributed by atoms with van der Waals surface area (Å²) in [5.41, 5.74) is 6.53. The van der Waals surface area contributed by atoms with Crippen LogP contribution in [0.3, 0.4) is 0 Å². The van der Waals surface area contributed by atoms with Crippen molar-refractivity contribution in [2.75, 3.05) is 26.7 Å². The smallest absolute Gasteiger partial charge is 0.220 e. The molecule has 1 fully saturated rings. The molecule has 0 aliphatic carbocycles. The molecule has 1 amide bonds. The molecular formula is C29H35N3O3. The summed E-state index contributed by atoms with van der Waals surface area (Å²) in [6.07, 6.45) is 3.46. The first-order chi connectivity index (χ1) is 17.1. The van der Waals surface area contributed by atoms with E-state index in [1.807, 2.05) is 18.2 Å². The van der Waals surface area contributed by atoms with E-state index in [1.165, 1.54) is 6.42 Å². The quantitative estimate of drug-likeness (QED) is 0.506. The summed E-state index contributed by atoms with van der Waals surface area (Å²) in [6.45, 7) is 7.69. The highest BCUT2D eigenvalue weighted by molar-refractivity contribution is 5.78. The molecule has 2 aromatic carbocycles. The Balaban J connectivity index is 1.43. The number of ether oxygens (including phenoxy) is 2. The number of hydrogen-bond donors (Lipinski definition) is 1. The molecule has 0 saturated carbocycles. The van der Waals surface area contributed by atoms with Gasteiger partial charge >= 0.3 is 0 Å². The van der Waals surface area contributed by atoms with E-state index in [2.05, 4.69) is 59.0 Å². The van der Waals surface area contributed by atoms with Gasteiger partial charge < -0.3 is 19.4 Å². The van der Waals surface area contributed by atoms with Gasteiger partial charge in [-0.1, -0.05) is 25.1 Å². The number of likely N-dealkylation sites (N-methyl/N-ethyl adjacent to an activating group) is 1. The normalized spacial score (nSPS) is 16.9. The maximum absolute atomic E-state index is 12.8. The molecule has 1 N–H and O–H groups in total. The number of aryl methyl sites for hydroxylation is 2. The van der Waals surface area contributed by atoms with Crippen molar-refractivity contribution >= 4 is 5.91 Å². The number of para-hydroxylation sites is 1. The summed E-state index contributed by atoms with van der Waals surface area (Å²) in [5, 5.41) is 3.19. The molecule has 1 atom stereocenters. The average molecular weight is 474 g/mol. The van der Waals surface area contributed by atoms with Crippen molar-refractivity contribution in [3.8, 4) is 28.4 Å². The van der Waals surface area contributed by atoms with E-state index >= 15 is 0 Å². The van der Waals surface area contributed by atoms with Crippen LogP contribution in [0.25, 0.3) is 16.9 Å². The standard InChI is InChI=1S/C29H35N3O3/c1-4-31-15-7-8-23(31)18-30-28(33)14-12-22-17-21-19-35-26-10-6-5-9-24(26)29(21)32(22)25-13-11-20(2)16-27(25)34-3/h5-6,9-11,13,16-17,23H,4,7-8,12,14-15,18-19H2,1-3H3,(H,30,33)/t23-/m0/s1. The lowest BCUT2D eigenvalue weighted by Gasteiger charge is -2.23. The second-order valence-corrected chi connectivity index (χ2v) is 9.53. The third kappa shape index (κ3) is 4.67. The molecular weight excluding hydrogens is 438 g/mol. The SMILES string of the molecule is CCN1CCC[C@H]1CNC(=O)CCc1cc2c(n1-c1ccc(C)cc1OC)-c1ccccc1OC2. The van der Waals surface area contributed by atoms with Gasteiger partial charge in [0.15, 0.2) is 0 Å². The van der Waals surface area contributed by atoms with E-state index in [4.69, 9.17) is 9.47 Å². The van der Waals surface area contributed by atoms with E-state index in [0.717, 1.165) is 71.3 Å². The van der Waals surface area contributed by atoms with Crippen molar-refractivity contribution in [3.05, 3.63) is 65.4 Å². The number of benzene rings is 2. The number of aromatic nitrogens is 1. The number of likely N-dealkylation sites (tertiary alicyclic amines) is 1. The first-order valence-corrected chi connectivity index (χ1v) is 12.7. The second-order valence-electron chi connectivity index (χ2n) is 9.53. The van der Waals surface area contributed by atoms with Crippen molar-refractivity contribution in [1.82, 2.24) is 14.8 Å². The number of carbonyl (C=O) groups excluding carboxylic acids is 1. The molecule has 1 saturated heterocycles. The van der Waals surface area contributed by atoms with Gasteiger partial charge in [-0.15, -0.1) is 0 Å². The van der Waals surface area contributed by atoms with E-state index in [1.54, 1.807) is 7.11 Å². The van der Waals surface area contributed by atoms with Crippen molar-refractivity contribution < 1.29 is 14.3 Å². The Morgan fingerprint density at radius 1 is 1.20 bits per heavy atom. The third-order valence-electron chi connectivity index (χ3n) is 7.31. The van der Waals surface area contributed by atoms with Gasteiger partial charge in [-0.25, -0.2) is 0 Å². The van der Waals surface area contributed by atoms with Crippen LogP contribution in [-0.2, 0) is 17.8 Å². The molecule has 3 aromatic rings. The monoisotopic (exact) mass is 473 g/mol. The minimum Gasteiger partial charge on any atom is -0.495 e. The molecule has 184 valence electrons. The molecule has 2 aliphatic rings. The topological polar surface area (TPSA) is 55.7 Å². The molecule has 5 rings (SSSR count). The van der Waals surface area contributed by atoms with Crippen LogP contribution in [0, 0.1) is 6.92 Å². The maximum Gasteiger partial charge on any atom is 0.220 e. The molecule has 1 aromatic heterocycles. The van der Waals surface area contributed by atoms with Gasteiger partial charge in [-0.3, -0.25) is 9.69 Å².